The third-order valence-corrected chi connectivity index (χ3v) is 3.14. The molecule has 16 heavy (non-hydrogen) atoms. The Hall–Kier alpha value is -1.56. The smallest absolute Gasteiger partial charge is 0.317 e. The SMILES string of the molecule is Cc1ccc(CC(C)Nc2nnc(N)o2)s1. The number of rotatable bonds is 4. The molecule has 2 aromatic heterocycles. The van der Waals surface area contributed by atoms with Crippen molar-refractivity contribution in [2.45, 2.75) is 26.3 Å². The molecule has 0 aliphatic rings. The summed E-state index contributed by atoms with van der Waals surface area (Å²) in [5.74, 6) is 0. The van der Waals surface area contributed by atoms with Crippen LogP contribution in [-0.2, 0) is 6.42 Å². The molecule has 0 bridgehead atoms. The Morgan fingerprint density at radius 1 is 1.50 bits per heavy atom. The minimum absolute atomic E-state index is 0.0849. The van der Waals surface area contributed by atoms with Crippen LogP contribution in [0.25, 0.3) is 0 Å². The largest absolute Gasteiger partial charge is 0.390 e. The zero-order valence-electron chi connectivity index (χ0n) is 9.23. The summed E-state index contributed by atoms with van der Waals surface area (Å²) in [5, 5.41) is 10.4. The summed E-state index contributed by atoms with van der Waals surface area (Å²) in [6, 6.07) is 4.95. The van der Waals surface area contributed by atoms with E-state index in [0.29, 0.717) is 6.01 Å². The molecule has 86 valence electrons. The number of hydrogen-bond donors (Lipinski definition) is 2. The first kappa shape index (κ1) is 10.9. The van der Waals surface area contributed by atoms with Crippen molar-refractivity contribution in [2.75, 3.05) is 11.1 Å². The number of thiophene rings is 1. The van der Waals surface area contributed by atoms with Crippen molar-refractivity contribution >= 4 is 23.4 Å². The van der Waals surface area contributed by atoms with E-state index in [0.717, 1.165) is 6.42 Å². The molecule has 0 saturated carbocycles. The van der Waals surface area contributed by atoms with Gasteiger partial charge in [-0.25, -0.2) is 0 Å². The Morgan fingerprint density at radius 2 is 2.31 bits per heavy atom. The van der Waals surface area contributed by atoms with E-state index in [1.54, 1.807) is 11.3 Å². The zero-order valence-corrected chi connectivity index (χ0v) is 10.0. The maximum absolute atomic E-state index is 5.33. The maximum Gasteiger partial charge on any atom is 0.317 e. The highest BCUT2D eigenvalue weighted by Crippen LogP contribution is 2.18. The van der Waals surface area contributed by atoms with E-state index in [-0.39, 0.29) is 12.1 Å². The van der Waals surface area contributed by atoms with E-state index in [1.165, 1.54) is 9.75 Å². The van der Waals surface area contributed by atoms with Crippen molar-refractivity contribution in [3.8, 4) is 0 Å². The van der Waals surface area contributed by atoms with E-state index in [1.807, 2.05) is 0 Å². The molecule has 0 aliphatic carbocycles. The Bertz CT molecular complexity index is 423. The number of nitrogens with one attached hydrogen (secondary N) is 1. The van der Waals surface area contributed by atoms with Crippen LogP contribution >= 0.6 is 11.3 Å². The van der Waals surface area contributed by atoms with Crippen LogP contribution in [0.3, 0.4) is 0 Å². The summed E-state index contributed by atoms with van der Waals surface area (Å²) in [6.07, 6.45) is 0.931. The van der Waals surface area contributed by atoms with Crippen molar-refractivity contribution in [3.63, 3.8) is 0 Å². The number of aromatic nitrogens is 2. The molecule has 1 atom stereocenters. The summed E-state index contributed by atoms with van der Waals surface area (Å²) in [7, 11) is 0. The number of nitrogens with zero attached hydrogens (tertiary/aromatic N) is 2. The van der Waals surface area contributed by atoms with Gasteiger partial charge in [0.1, 0.15) is 0 Å². The van der Waals surface area contributed by atoms with E-state index in [4.69, 9.17) is 10.2 Å². The van der Waals surface area contributed by atoms with Gasteiger partial charge in [-0.2, -0.15) is 0 Å². The highest BCUT2D eigenvalue weighted by molar-refractivity contribution is 7.11. The van der Waals surface area contributed by atoms with Crippen molar-refractivity contribution in [2.24, 2.45) is 0 Å². The molecule has 0 radical (unpaired) electrons. The quantitative estimate of drug-likeness (QED) is 0.852. The Kier molecular flexibility index (Phi) is 3.09. The first-order valence-electron chi connectivity index (χ1n) is 5.04. The lowest BCUT2D eigenvalue weighted by molar-refractivity contribution is 0.575. The van der Waals surface area contributed by atoms with E-state index >= 15 is 0 Å². The molecule has 0 aliphatic heterocycles. The molecule has 5 nitrogen and oxygen atoms in total. The van der Waals surface area contributed by atoms with Crippen molar-refractivity contribution in [3.05, 3.63) is 21.9 Å². The minimum Gasteiger partial charge on any atom is -0.390 e. The second kappa shape index (κ2) is 4.52. The van der Waals surface area contributed by atoms with Gasteiger partial charge in [0.05, 0.1) is 0 Å². The molecule has 2 heterocycles. The van der Waals surface area contributed by atoms with Gasteiger partial charge in [0.2, 0.25) is 0 Å². The number of aryl methyl sites for hydroxylation is 1. The highest BCUT2D eigenvalue weighted by atomic mass is 32.1. The van der Waals surface area contributed by atoms with Crippen LogP contribution in [0.1, 0.15) is 16.7 Å². The van der Waals surface area contributed by atoms with E-state index in [9.17, 15) is 0 Å². The van der Waals surface area contributed by atoms with Gasteiger partial charge in [-0.05, 0) is 26.0 Å². The third kappa shape index (κ3) is 2.73. The Labute approximate surface area is 97.7 Å². The fourth-order valence-electron chi connectivity index (χ4n) is 1.45. The van der Waals surface area contributed by atoms with Crippen LogP contribution in [0, 0.1) is 6.92 Å². The molecule has 0 aromatic carbocycles. The van der Waals surface area contributed by atoms with Crippen LogP contribution in [0.5, 0.6) is 0 Å². The van der Waals surface area contributed by atoms with Gasteiger partial charge in [0.25, 0.3) is 0 Å². The lowest BCUT2D eigenvalue weighted by atomic mass is 10.2. The predicted molar refractivity (Wildman–Crippen MR) is 64.6 cm³/mol. The normalized spacial score (nSPS) is 12.6. The summed E-state index contributed by atoms with van der Waals surface area (Å²) in [5.41, 5.74) is 5.33. The lowest BCUT2D eigenvalue weighted by Crippen LogP contribution is -2.17. The summed E-state index contributed by atoms with van der Waals surface area (Å²) >= 11 is 1.80. The predicted octanol–water partition coefficient (Wildman–Crippen LogP) is 2.06. The number of hydrogen-bond acceptors (Lipinski definition) is 6. The third-order valence-electron chi connectivity index (χ3n) is 2.11. The average molecular weight is 238 g/mol. The summed E-state index contributed by atoms with van der Waals surface area (Å²) in [6.45, 7) is 4.17. The van der Waals surface area contributed by atoms with Gasteiger partial charge in [-0.15, -0.1) is 11.3 Å². The van der Waals surface area contributed by atoms with Gasteiger partial charge in [-0.3, -0.25) is 0 Å². The first-order valence-corrected chi connectivity index (χ1v) is 5.86. The molecule has 6 heteroatoms. The average Bonchev–Trinajstić information content (AvgIpc) is 2.76. The molecule has 0 fully saturated rings. The standard InChI is InChI=1S/C10H14N4OS/c1-6(5-8-4-3-7(2)16-8)12-10-14-13-9(11)15-10/h3-4,6H,5H2,1-2H3,(H2,11,13)(H,12,14). The number of anilines is 2. The lowest BCUT2D eigenvalue weighted by Gasteiger charge is -2.09. The summed E-state index contributed by atoms with van der Waals surface area (Å²) < 4.78 is 5.04. The molecule has 0 saturated heterocycles. The van der Waals surface area contributed by atoms with Crippen LogP contribution in [0.2, 0.25) is 0 Å². The van der Waals surface area contributed by atoms with Crippen LogP contribution in [0.15, 0.2) is 16.5 Å². The van der Waals surface area contributed by atoms with E-state index in [2.05, 4.69) is 41.5 Å². The molecule has 0 spiro atoms. The maximum atomic E-state index is 5.33. The van der Waals surface area contributed by atoms with E-state index < -0.39 is 0 Å². The molecular formula is C10H14N4OS. The minimum atomic E-state index is 0.0849. The zero-order chi connectivity index (χ0) is 11.5. The Balaban J connectivity index is 1.91. The number of nitrogen functional groups attached to an aromatic ring is 1. The molecule has 2 aromatic rings. The first-order chi connectivity index (χ1) is 7.63. The number of nitrogens with two attached hydrogens (primary N) is 1. The van der Waals surface area contributed by atoms with Crippen molar-refractivity contribution in [1.29, 1.82) is 0 Å². The molecule has 0 amide bonds. The second-order valence-corrected chi connectivity index (χ2v) is 5.08. The van der Waals surface area contributed by atoms with Gasteiger partial charge < -0.3 is 15.5 Å². The molecular weight excluding hydrogens is 224 g/mol. The second-order valence-electron chi connectivity index (χ2n) is 3.71. The molecule has 2 rings (SSSR count). The van der Waals surface area contributed by atoms with Crippen LogP contribution < -0.4 is 11.1 Å². The fraction of sp³-hybridized carbons (Fsp3) is 0.400. The van der Waals surface area contributed by atoms with Crippen molar-refractivity contribution < 1.29 is 4.42 Å². The van der Waals surface area contributed by atoms with Gasteiger partial charge in [0.15, 0.2) is 0 Å². The molecule has 1 unspecified atom stereocenters. The van der Waals surface area contributed by atoms with Gasteiger partial charge in [-0.1, -0.05) is 10.2 Å². The summed E-state index contributed by atoms with van der Waals surface area (Å²) in [4.78, 5) is 2.66. The van der Waals surface area contributed by atoms with Crippen molar-refractivity contribution in [1.82, 2.24) is 10.2 Å². The van der Waals surface area contributed by atoms with Gasteiger partial charge >= 0.3 is 12.0 Å². The molecule has 3 N–H and O–H groups in total. The van der Waals surface area contributed by atoms with Crippen LogP contribution in [-0.4, -0.2) is 16.2 Å². The van der Waals surface area contributed by atoms with Crippen LogP contribution in [0.4, 0.5) is 12.0 Å². The fourth-order valence-corrected chi connectivity index (χ4v) is 2.47. The highest BCUT2D eigenvalue weighted by Gasteiger charge is 2.09. The van der Waals surface area contributed by atoms with Gasteiger partial charge in [0, 0.05) is 22.2 Å². The Morgan fingerprint density at radius 3 is 2.88 bits per heavy atom. The monoisotopic (exact) mass is 238 g/mol. The topological polar surface area (TPSA) is 77.0 Å².